The Morgan fingerprint density at radius 3 is 1.47 bits per heavy atom. The largest absolute Gasteiger partial charge is 0.487 e. The van der Waals surface area contributed by atoms with Gasteiger partial charge in [-0.2, -0.15) is 26.3 Å². The summed E-state index contributed by atoms with van der Waals surface area (Å²) in [7, 11) is 0. The Balaban J connectivity index is 0.000000246. The molecule has 0 atom stereocenters. The molecule has 0 heterocycles. The summed E-state index contributed by atoms with van der Waals surface area (Å²) in [5.74, 6) is 0.161. The van der Waals surface area contributed by atoms with Crippen molar-refractivity contribution in [1.29, 1.82) is 0 Å². The summed E-state index contributed by atoms with van der Waals surface area (Å²) in [6.45, 7) is 1.65. The molecule has 0 aliphatic heterocycles. The van der Waals surface area contributed by atoms with Crippen molar-refractivity contribution >= 4 is 50.7 Å². The van der Waals surface area contributed by atoms with Gasteiger partial charge in [-0.1, -0.05) is 75.5 Å². The summed E-state index contributed by atoms with van der Waals surface area (Å²) < 4.78 is 86.2. The Morgan fingerprint density at radius 2 is 1.09 bits per heavy atom. The molecule has 0 bridgehead atoms. The maximum absolute atomic E-state index is 12.6. The molecule has 0 amide bonds. The summed E-state index contributed by atoms with van der Waals surface area (Å²) >= 11 is 14.7. The average molecular weight is 736 g/mol. The molecule has 4 aromatic carbocycles. The average Bonchev–Trinajstić information content (AvgIpc) is 2.99. The highest BCUT2D eigenvalue weighted by Gasteiger charge is 2.32. The van der Waals surface area contributed by atoms with E-state index in [1.54, 1.807) is 48.5 Å². The fourth-order valence-corrected chi connectivity index (χ4v) is 4.50. The van der Waals surface area contributed by atoms with Gasteiger partial charge in [0.2, 0.25) is 0 Å². The third kappa shape index (κ3) is 10.8. The second-order valence-corrected chi connectivity index (χ2v) is 10.8. The number of carbonyl (C=O) groups excluding carboxylic acids is 2. The molecule has 0 fully saturated rings. The molecule has 0 radical (unpaired) electrons. The van der Waals surface area contributed by atoms with Crippen LogP contribution in [0.3, 0.4) is 0 Å². The van der Waals surface area contributed by atoms with Crippen molar-refractivity contribution in [2.45, 2.75) is 32.5 Å². The van der Waals surface area contributed by atoms with Crippen molar-refractivity contribution in [3.05, 3.63) is 128 Å². The van der Waals surface area contributed by atoms with Gasteiger partial charge in [-0.05, 0) is 66.6 Å². The molecule has 0 aliphatic carbocycles. The maximum atomic E-state index is 12.6. The van der Waals surface area contributed by atoms with E-state index in [2.05, 4.69) is 15.9 Å². The van der Waals surface area contributed by atoms with Crippen LogP contribution in [-0.2, 0) is 25.6 Å². The molecule has 0 N–H and O–H groups in total. The van der Waals surface area contributed by atoms with Gasteiger partial charge in [0.25, 0.3) is 0 Å². The predicted molar refractivity (Wildman–Crippen MR) is 163 cm³/mol. The van der Waals surface area contributed by atoms with Crippen molar-refractivity contribution < 1.29 is 45.4 Å². The zero-order valence-corrected chi connectivity index (χ0v) is 26.3. The number of hydrogen-bond donors (Lipinski definition) is 0. The van der Waals surface area contributed by atoms with Gasteiger partial charge in [-0.25, -0.2) is 0 Å². The van der Waals surface area contributed by atoms with E-state index in [1.165, 1.54) is 19.1 Å². The third-order valence-corrected chi connectivity index (χ3v) is 7.11. The number of rotatable bonds is 9. The number of ether oxygens (including phenoxy) is 2. The zero-order valence-electron chi connectivity index (χ0n) is 23.2. The monoisotopic (exact) mass is 734 g/mol. The Kier molecular flexibility index (Phi) is 12.5. The Bertz CT molecular complexity index is 1660. The highest BCUT2D eigenvalue weighted by atomic mass is 79.9. The van der Waals surface area contributed by atoms with Gasteiger partial charge in [-0.15, -0.1) is 0 Å². The normalized spacial score (nSPS) is 11.3. The van der Waals surface area contributed by atoms with E-state index in [0.29, 0.717) is 16.7 Å². The minimum Gasteiger partial charge on any atom is -0.487 e. The van der Waals surface area contributed by atoms with E-state index in [0.717, 1.165) is 29.8 Å². The number of carbonyl (C=O) groups is 2. The SMILES string of the molecule is CC(=O)c1cccc(COc2ccc(C(F)(F)F)cc2Cl)c1.O=C(CBr)c1cccc(COc2ccc(C(F)(F)F)cc2Cl)c1. The lowest BCUT2D eigenvalue weighted by Gasteiger charge is -2.11. The van der Waals surface area contributed by atoms with Crippen LogP contribution in [0.4, 0.5) is 26.3 Å². The van der Waals surface area contributed by atoms with Crippen molar-refractivity contribution in [3.8, 4) is 11.5 Å². The molecular formula is C32H23BrCl2F6O4. The number of halogens is 9. The molecule has 0 unspecified atom stereocenters. The molecule has 0 aromatic heterocycles. The molecule has 238 valence electrons. The van der Waals surface area contributed by atoms with Crippen LogP contribution in [0.15, 0.2) is 84.9 Å². The lowest BCUT2D eigenvalue weighted by Crippen LogP contribution is -2.05. The van der Waals surface area contributed by atoms with E-state index in [9.17, 15) is 35.9 Å². The number of hydrogen-bond acceptors (Lipinski definition) is 4. The number of benzene rings is 4. The molecule has 4 nitrogen and oxygen atoms in total. The molecular weight excluding hydrogens is 713 g/mol. The predicted octanol–water partition coefficient (Wildman–Crippen LogP) is 10.7. The van der Waals surface area contributed by atoms with Crippen LogP contribution in [-0.4, -0.2) is 16.9 Å². The Labute approximate surface area is 273 Å². The van der Waals surface area contributed by atoms with Crippen molar-refractivity contribution in [3.63, 3.8) is 0 Å². The van der Waals surface area contributed by atoms with Crippen molar-refractivity contribution in [2.75, 3.05) is 5.33 Å². The number of Topliss-reactive ketones (excluding diaryl/α,β-unsaturated/α-hetero) is 2. The summed E-state index contributed by atoms with van der Waals surface area (Å²) in [4.78, 5) is 22.9. The van der Waals surface area contributed by atoms with Gasteiger partial charge in [0.15, 0.2) is 11.6 Å². The van der Waals surface area contributed by atoms with E-state index in [-0.39, 0.29) is 51.7 Å². The van der Waals surface area contributed by atoms with Crippen LogP contribution in [0.5, 0.6) is 11.5 Å². The molecule has 13 heteroatoms. The minimum absolute atomic E-state index is 0.0700. The lowest BCUT2D eigenvalue weighted by molar-refractivity contribution is -0.138. The van der Waals surface area contributed by atoms with Crippen LogP contribution in [0.25, 0.3) is 0 Å². The highest BCUT2D eigenvalue weighted by Crippen LogP contribution is 2.36. The van der Waals surface area contributed by atoms with Crippen LogP contribution >= 0.6 is 39.1 Å². The first-order valence-electron chi connectivity index (χ1n) is 12.9. The zero-order chi connectivity index (χ0) is 33.4. The third-order valence-electron chi connectivity index (χ3n) is 6.01. The van der Waals surface area contributed by atoms with Crippen LogP contribution in [0.2, 0.25) is 10.0 Å². The van der Waals surface area contributed by atoms with E-state index in [4.69, 9.17) is 32.7 Å². The van der Waals surface area contributed by atoms with E-state index >= 15 is 0 Å². The molecule has 0 aliphatic rings. The summed E-state index contributed by atoms with van der Waals surface area (Å²) in [6, 6.07) is 19.4. The van der Waals surface area contributed by atoms with Gasteiger partial charge in [-0.3, -0.25) is 9.59 Å². The lowest BCUT2D eigenvalue weighted by atomic mass is 10.1. The molecule has 0 spiro atoms. The van der Waals surface area contributed by atoms with Gasteiger partial charge >= 0.3 is 12.4 Å². The fraction of sp³-hybridized carbons (Fsp3) is 0.188. The summed E-state index contributed by atoms with van der Waals surface area (Å²) in [5, 5.41) is -0.0211. The van der Waals surface area contributed by atoms with E-state index < -0.39 is 23.5 Å². The van der Waals surface area contributed by atoms with Gasteiger partial charge in [0, 0.05) is 11.1 Å². The first kappa shape index (κ1) is 35.9. The maximum Gasteiger partial charge on any atom is 0.416 e. The molecule has 0 saturated carbocycles. The van der Waals surface area contributed by atoms with Crippen LogP contribution in [0.1, 0.15) is 49.9 Å². The first-order valence-corrected chi connectivity index (χ1v) is 14.7. The van der Waals surface area contributed by atoms with Crippen LogP contribution in [0, 0.1) is 0 Å². The standard InChI is InChI=1S/C16H11BrClF3O2.C16H12ClF3O2/c17-8-14(22)11-3-1-2-10(6-11)9-23-15-5-4-12(7-13(15)18)16(19,20)21;1-10(21)12-4-2-3-11(7-12)9-22-15-6-5-13(8-14(15)17)16(18,19)20/h1-7H,8-9H2;2-8H,9H2,1H3. The topological polar surface area (TPSA) is 52.6 Å². The molecule has 4 rings (SSSR count). The smallest absolute Gasteiger partial charge is 0.416 e. The first-order chi connectivity index (χ1) is 21.1. The number of ketones is 2. The van der Waals surface area contributed by atoms with Crippen molar-refractivity contribution in [2.24, 2.45) is 0 Å². The minimum atomic E-state index is -4.45. The van der Waals surface area contributed by atoms with Gasteiger partial charge in [0.1, 0.15) is 24.7 Å². The molecule has 0 saturated heterocycles. The molecule has 45 heavy (non-hydrogen) atoms. The summed E-state index contributed by atoms with van der Waals surface area (Å²) in [5.41, 5.74) is 0.848. The second-order valence-electron chi connectivity index (χ2n) is 9.38. The second kappa shape index (κ2) is 15.6. The van der Waals surface area contributed by atoms with Crippen LogP contribution < -0.4 is 9.47 Å². The van der Waals surface area contributed by atoms with Gasteiger partial charge < -0.3 is 9.47 Å². The Hall–Kier alpha value is -3.54. The van der Waals surface area contributed by atoms with E-state index in [1.807, 2.05) is 0 Å². The van der Waals surface area contributed by atoms with Crippen molar-refractivity contribution in [1.82, 2.24) is 0 Å². The fourth-order valence-electron chi connectivity index (χ4n) is 3.70. The summed E-state index contributed by atoms with van der Waals surface area (Å²) in [6.07, 6.45) is -8.90. The highest BCUT2D eigenvalue weighted by molar-refractivity contribution is 9.09. The molecule has 4 aromatic rings. The Morgan fingerprint density at radius 1 is 0.667 bits per heavy atom. The van der Waals surface area contributed by atoms with Gasteiger partial charge in [0.05, 0.1) is 26.5 Å². The number of alkyl halides is 7. The quantitative estimate of drug-likeness (QED) is 0.0976.